The fraction of sp³-hybridized carbons (Fsp3) is 0.500. The minimum absolute atomic E-state index is 0.0334. The highest BCUT2D eigenvalue weighted by molar-refractivity contribution is 5.99. The molecule has 1 aromatic rings. The number of nitrogens with one attached hydrogen (secondary N) is 2. The van der Waals surface area contributed by atoms with E-state index in [1.54, 1.807) is 0 Å². The number of hydrogen-bond donors (Lipinski definition) is 2. The Balaban J connectivity index is 2.30. The van der Waals surface area contributed by atoms with Gasteiger partial charge in [0.1, 0.15) is 5.56 Å². The molecule has 1 atom stereocenters. The van der Waals surface area contributed by atoms with Crippen LogP contribution in [-0.2, 0) is 0 Å². The lowest BCUT2D eigenvalue weighted by Crippen LogP contribution is -2.45. The number of benzene rings is 1. The van der Waals surface area contributed by atoms with Crippen molar-refractivity contribution in [3.8, 4) is 11.5 Å². The van der Waals surface area contributed by atoms with E-state index in [0.717, 1.165) is 19.4 Å². The van der Waals surface area contributed by atoms with Gasteiger partial charge >= 0.3 is 0 Å². The van der Waals surface area contributed by atoms with Crippen molar-refractivity contribution in [2.45, 2.75) is 18.9 Å². The summed E-state index contributed by atoms with van der Waals surface area (Å²) in [5.41, 5.74) is -0.341. The van der Waals surface area contributed by atoms with E-state index < -0.39 is 10.8 Å². The van der Waals surface area contributed by atoms with E-state index in [1.807, 2.05) is 0 Å². The zero-order chi connectivity index (χ0) is 16.1. The summed E-state index contributed by atoms with van der Waals surface area (Å²) in [6.45, 7) is 1.58. The lowest BCUT2D eigenvalue weighted by atomic mass is 10.1. The maximum atomic E-state index is 12.4. The van der Waals surface area contributed by atoms with E-state index in [2.05, 4.69) is 10.6 Å². The van der Waals surface area contributed by atoms with Crippen molar-refractivity contribution < 1.29 is 19.2 Å². The molecule has 0 saturated carbocycles. The highest BCUT2D eigenvalue weighted by atomic mass is 16.6. The number of hydrogen-bond acceptors (Lipinski definition) is 6. The highest BCUT2D eigenvalue weighted by Crippen LogP contribution is 2.34. The normalized spacial score (nSPS) is 17.6. The van der Waals surface area contributed by atoms with Crippen LogP contribution in [0.4, 0.5) is 5.69 Å². The van der Waals surface area contributed by atoms with Crippen LogP contribution in [0, 0.1) is 10.1 Å². The third-order valence-corrected chi connectivity index (χ3v) is 3.58. The Kier molecular flexibility index (Phi) is 5.16. The van der Waals surface area contributed by atoms with Crippen molar-refractivity contribution in [2.75, 3.05) is 27.3 Å². The molecule has 0 bridgehead atoms. The number of carbonyl (C=O) groups excluding carboxylic acids is 1. The first kappa shape index (κ1) is 16.0. The van der Waals surface area contributed by atoms with Crippen molar-refractivity contribution in [1.82, 2.24) is 10.6 Å². The second-order valence-electron chi connectivity index (χ2n) is 5.00. The summed E-state index contributed by atoms with van der Waals surface area (Å²) in [7, 11) is 2.80. The first-order valence-corrected chi connectivity index (χ1v) is 6.98. The van der Waals surface area contributed by atoms with Crippen LogP contribution in [0.2, 0.25) is 0 Å². The minimum atomic E-state index is -0.601. The standard InChI is InChI=1S/C14H19N3O5/c1-21-12-6-10(11(17(19)20)7-13(12)22-2)14(18)16-9-4-3-5-15-8-9/h6-7,9,15H,3-5,8H2,1-2H3,(H,16,18)/t9-/m1/s1. The summed E-state index contributed by atoms with van der Waals surface area (Å²) < 4.78 is 10.2. The van der Waals surface area contributed by atoms with Gasteiger partial charge in [-0.05, 0) is 19.4 Å². The Morgan fingerprint density at radius 2 is 2.05 bits per heavy atom. The summed E-state index contributed by atoms with van der Waals surface area (Å²) in [6.07, 6.45) is 1.80. The van der Waals surface area contributed by atoms with Gasteiger partial charge in [-0.2, -0.15) is 0 Å². The topological polar surface area (TPSA) is 103 Å². The van der Waals surface area contributed by atoms with Crippen LogP contribution in [0.15, 0.2) is 12.1 Å². The molecule has 0 aromatic heterocycles. The van der Waals surface area contributed by atoms with E-state index in [4.69, 9.17) is 9.47 Å². The first-order valence-electron chi connectivity index (χ1n) is 6.98. The number of methoxy groups -OCH3 is 2. The van der Waals surface area contributed by atoms with Gasteiger partial charge in [0.25, 0.3) is 11.6 Å². The van der Waals surface area contributed by atoms with Gasteiger partial charge in [0.2, 0.25) is 0 Å². The lowest BCUT2D eigenvalue weighted by molar-refractivity contribution is -0.385. The molecule has 1 amide bonds. The van der Waals surface area contributed by atoms with Crippen LogP contribution in [0.1, 0.15) is 23.2 Å². The average molecular weight is 309 g/mol. The van der Waals surface area contributed by atoms with E-state index in [0.29, 0.717) is 6.54 Å². The number of carbonyl (C=O) groups is 1. The fourth-order valence-corrected chi connectivity index (χ4v) is 2.44. The molecule has 1 fully saturated rings. The molecule has 22 heavy (non-hydrogen) atoms. The highest BCUT2D eigenvalue weighted by Gasteiger charge is 2.26. The van der Waals surface area contributed by atoms with Crippen molar-refractivity contribution in [3.05, 3.63) is 27.8 Å². The maximum Gasteiger partial charge on any atom is 0.286 e. The quantitative estimate of drug-likeness (QED) is 0.623. The van der Waals surface area contributed by atoms with E-state index in [9.17, 15) is 14.9 Å². The van der Waals surface area contributed by atoms with Crippen LogP contribution >= 0.6 is 0 Å². The molecular weight excluding hydrogens is 290 g/mol. The number of ether oxygens (including phenoxy) is 2. The number of nitrogens with zero attached hydrogens (tertiary/aromatic N) is 1. The Morgan fingerprint density at radius 1 is 1.36 bits per heavy atom. The molecule has 0 radical (unpaired) electrons. The van der Waals surface area contributed by atoms with Gasteiger partial charge in [-0.25, -0.2) is 0 Å². The molecule has 120 valence electrons. The summed E-state index contributed by atoms with van der Waals surface area (Å²) in [6, 6.07) is 2.50. The summed E-state index contributed by atoms with van der Waals surface area (Å²) in [5.74, 6) is 0.00598. The van der Waals surface area contributed by atoms with Gasteiger partial charge in [-0.1, -0.05) is 0 Å². The Labute approximate surface area is 127 Å². The average Bonchev–Trinajstić information content (AvgIpc) is 2.54. The largest absolute Gasteiger partial charge is 0.493 e. The van der Waals surface area contributed by atoms with Crippen LogP contribution in [0.25, 0.3) is 0 Å². The van der Waals surface area contributed by atoms with E-state index in [1.165, 1.54) is 26.4 Å². The first-order chi connectivity index (χ1) is 10.6. The monoisotopic (exact) mass is 309 g/mol. The molecule has 0 aliphatic carbocycles. The predicted octanol–water partition coefficient (Wildman–Crippen LogP) is 1.09. The smallest absolute Gasteiger partial charge is 0.286 e. The molecule has 0 spiro atoms. The number of rotatable bonds is 5. The Bertz CT molecular complexity index is 570. The molecule has 1 aliphatic rings. The second-order valence-corrected chi connectivity index (χ2v) is 5.00. The number of amides is 1. The molecule has 8 heteroatoms. The van der Waals surface area contributed by atoms with E-state index in [-0.39, 0.29) is 28.8 Å². The van der Waals surface area contributed by atoms with Gasteiger partial charge < -0.3 is 20.1 Å². The SMILES string of the molecule is COc1cc(C(=O)N[C@@H]2CCCNC2)c([N+](=O)[O-])cc1OC. The third-order valence-electron chi connectivity index (χ3n) is 3.58. The molecular formula is C14H19N3O5. The molecule has 2 N–H and O–H groups in total. The Hall–Kier alpha value is -2.35. The van der Waals surface area contributed by atoms with Crippen LogP contribution in [0.3, 0.4) is 0 Å². The second kappa shape index (κ2) is 7.08. The van der Waals surface area contributed by atoms with Gasteiger partial charge in [-0.3, -0.25) is 14.9 Å². The molecule has 2 rings (SSSR count). The predicted molar refractivity (Wildman–Crippen MR) is 79.6 cm³/mol. The summed E-state index contributed by atoms with van der Waals surface area (Å²) in [5, 5.41) is 17.2. The van der Waals surface area contributed by atoms with Gasteiger partial charge in [0.15, 0.2) is 11.5 Å². The number of nitro benzene ring substituents is 1. The molecule has 8 nitrogen and oxygen atoms in total. The van der Waals surface area contributed by atoms with Gasteiger partial charge in [-0.15, -0.1) is 0 Å². The summed E-state index contributed by atoms with van der Waals surface area (Å²) in [4.78, 5) is 23.0. The van der Waals surface area contributed by atoms with E-state index >= 15 is 0 Å². The van der Waals surface area contributed by atoms with Crippen LogP contribution < -0.4 is 20.1 Å². The summed E-state index contributed by atoms with van der Waals surface area (Å²) >= 11 is 0. The molecule has 1 aliphatic heterocycles. The van der Waals surface area contributed by atoms with Crippen molar-refractivity contribution in [2.24, 2.45) is 0 Å². The minimum Gasteiger partial charge on any atom is -0.493 e. The third kappa shape index (κ3) is 3.45. The molecule has 1 aromatic carbocycles. The Morgan fingerprint density at radius 3 is 2.59 bits per heavy atom. The number of nitro groups is 1. The lowest BCUT2D eigenvalue weighted by Gasteiger charge is -2.23. The van der Waals surface area contributed by atoms with Gasteiger partial charge in [0.05, 0.1) is 25.2 Å². The maximum absolute atomic E-state index is 12.4. The van der Waals surface area contributed by atoms with Crippen LogP contribution in [-0.4, -0.2) is 44.2 Å². The van der Waals surface area contributed by atoms with Gasteiger partial charge in [0, 0.05) is 18.7 Å². The van der Waals surface area contributed by atoms with Crippen molar-refractivity contribution in [1.29, 1.82) is 0 Å². The zero-order valence-electron chi connectivity index (χ0n) is 12.5. The number of piperidine rings is 1. The zero-order valence-corrected chi connectivity index (χ0v) is 12.5. The van der Waals surface area contributed by atoms with Crippen molar-refractivity contribution in [3.63, 3.8) is 0 Å². The molecule has 0 unspecified atom stereocenters. The molecule has 1 saturated heterocycles. The van der Waals surface area contributed by atoms with Crippen molar-refractivity contribution >= 4 is 11.6 Å². The van der Waals surface area contributed by atoms with Crippen LogP contribution in [0.5, 0.6) is 11.5 Å². The molecule has 1 heterocycles. The fourth-order valence-electron chi connectivity index (χ4n) is 2.44.